The average molecular weight is 307 g/mol. The molecular formula is C17H29N3O2. The summed E-state index contributed by atoms with van der Waals surface area (Å²) in [5.41, 5.74) is 0.844. The zero-order valence-electron chi connectivity index (χ0n) is 14.2. The zero-order valence-corrected chi connectivity index (χ0v) is 14.2. The van der Waals surface area contributed by atoms with Crippen LogP contribution in [-0.4, -0.2) is 49.8 Å². The van der Waals surface area contributed by atoms with Gasteiger partial charge in [-0.2, -0.15) is 0 Å². The van der Waals surface area contributed by atoms with Crippen LogP contribution in [0.5, 0.6) is 5.75 Å². The lowest BCUT2D eigenvalue weighted by Crippen LogP contribution is -2.39. The van der Waals surface area contributed by atoms with Crippen molar-refractivity contribution in [1.82, 2.24) is 10.2 Å². The van der Waals surface area contributed by atoms with Gasteiger partial charge < -0.3 is 20.1 Å². The largest absolute Gasteiger partial charge is 0.497 e. The summed E-state index contributed by atoms with van der Waals surface area (Å²) < 4.78 is 5.12. The van der Waals surface area contributed by atoms with E-state index in [1.54, 1.807) is 7.11 Å². The molecule has 1 rings (SSSR count). The van der Waals surface area contributed by atoms with Crippen LogP contribution in [0, 0.1) is 0 Å². The van der Waals surface area contributed by atoms with Gasteiger partial charge in [-0.05, 0) is 31.0 Å². The lowest BCUT2D eigenvalue weighted by molar-refractivity contribution is 0.186. The fraction of sp³-hybridized carbons (Fsp3) is 0.588. The molecular weight excluding hydrogens is 278 g/mol. The average Bonchev–Trinajstić information content (AvgIpc) is 2.56. The Hall–Kier alpha value is -1.75. The van der Waals surface area contributed by atoms with Gasteiger partial charge in [0.1, 0.15) is 5.75 Å². The van der Waals surface area contributed by atoms with Crippen molar-refractivity contribution < 1.29 is 9.84 Å². The predicted molar refractivity (Wildman–Crippen MR) is 91.5 cm³/mol. The Morgan fingerprint density at radius 2 is 2.00 bits per heavy atom. The van der Waals surface area contributed by atoms with Gasteiger partial charge in [-0.15, -0.1) is 0 Å². The van der Waals surface area contributed by atoms with Gasteiger partial charge in [-0.3, -0.25) is 4.99 Å². The summed E-state index contributed by atoms with van der Waals surface area (Å²) >= 11 is 0. The lowest BCUT2D eigenvalue weighted by Gasteiger charge is -2.22. The number of guanidine groups is 1. The van der Waals surface area contributed by atoms with Crippen LogP contribution in [-0.2, 0) is 0 Å². The number of hydrogen-bond acceptors (Lipinski definition) is 3. The highest BCUT2D eigenvalue weighted by atomic mass is 16.5. The topological polar surface area (TPSA) is 57.1 Å². The molecule has 0 fully saturated rings. The number of nitrogens with one attached hydrogen (secondary N) is 1. The minimum absolute atomic E-state index is 0.338. The number of aliphatic imine (C=N–C) groups is 1. The second-order valence-electron chi connectivity index (χ2n) is 5.26. The molecule has 0 saturated heterocycles. The molecule has 124 valence electrons. The summed E-state index contributed by atoms with van der Waals surface area (Å²) in [7, 11) is 3.65. The van der Waals surface area contributed by atoms with Gasteiger partial charge in [-0.1, -0.05) is 25.5 Å². The van der Waals surface area contributed by atoms with Crippen molar-refractivity contribution in [3.05, 3.63) is 29.8 Å². The smallest absolute Gasteiger partial charge is 0.193 e. The van der Waals surface area contributed by atoms with E-state index in [1.807, 2.05) is 38.2 Å². The maximum Gasteiger partial charge on any atom is 0.193 e. The molecule has 0 aliphatic carbocycles. The monoisotopic (exact) mass is 307 g/mol. The molecule has 22 heavy (non-hydrogen) atoms. The van der Waals surface area contributed by atoms with Gasteiger partial charge in [0.05, 0.1) is 19.8 Å². The summed E-state index contributed by atoms with van der Waals surface area (Å²) in [4.78, 5) is 6.64. The molecule has 0 amide bonds. The second kappa shape index (κ2) is 10.1. The molecule has 1 aromatic carbocycles. The maximum absolute atomic E-state index is 10.3. The van der Waals surface area contributed by atoms with E-state index in [-0.39, 0.29) is 0 Å². The van der Waals surface area contributed by atoms with Crippen molar-refractivity contribution >= 4 is 5.96 Å². The molecule has 0 aromatic heterocycles. The molecule has 2 N–H and O–H groups in total. The van der Waals surface area contributed by atoms with E-state index < -0.39 is 6.10 Å². The van der Waals surface area contributed by atoms with E-state index in [1.165, 1.54) is 0 Å². The number of aliphatic hydroxyl groups excluding tert-OH is 1. The summed E-state index contributed by atoms with van der Waals surface area (Å²) in [5.74, 6) is 1.62. The van der Waals surface area contributed by atoms with Crippen molar-refractivity contribution in [3.8, 4) is 5.75 Å². The summed E-state index contributed by atoms with van der Waals surface area (Å²) in [6.45, 7) is 6.33. The second-order valence-corrected chi connectivity index (χ2v) is 5.26. The third-order valence-electron chi connectivity index (χ3n) is 3.46. The third kappa shape index (κ3) is 5.93. The van der Waals surface area contributed by atoms with Crippen LogP contribution >= 0.6 is 0 Å². The first-order chi connectivity index (χ1) is 10.6. The van der Waals surface area contributed by atoms with E-state index >= 15 is 0 Å². The van der Waals surface area contributed by atoms with Crippen LogP contribution in [0.15, 0.2) is 29.3 Å². The van der Waals surface area contributed by atoms with Crippen molar-refractivity contribution in [2.45, 2.75) is 32.8 Å². The first-order valence-electron chi connectivity index (χ1n) is 7.93. The summed E-state index contributed by atoms with van der Waals surface area (Å²) in [6, 6.07) is 7.43. The van der Waals surface area contributed by atoms with Crippen LogP contribution in [0.2, 0.25) is 0 Å². The van der Waals surface area contributed by atoms with Crippen LogP contribution in [0.3, 0.4) is 0 Å². The maximum atomic E-state index is 10.3. The zero-order chi connectivity index (χ0) is 16.4. The Bertz CT molecular complexity index is 446. The quantitative estimate of drug-likeness (QED) is 0.572. The first-order valence-corrected chi connectivity index (χ1v) is 7.93. The molecule has 0 aliphatic rings. The molecule has 1 unspecified atom stereocenters. The Balaban J connectivity index is 2.66. The number of hydrogen-bond donors (Lipinski definition) is 2. The first kappa shape index (κ1) is 18.3. The molecule has 0 heterocycles. The fourth-order valence-electron chi connectivity index (χ4n) is 2.08. The highest BCUT2D eigenvalue weighted by Gasteiger charge is 2.09. The number of ether oxygens (including phenoxy) is 1. The van der Waals surface area contributed by atoms with E-state index in [0.717, 1.165) is 43.2 Å². The molecule has 1 aromatic rings. The van der Waals surface area contributed by atoms with Gasteiger partial charge in [-0.25, -0.2) is 0 Å². The predicted octanol–water partition coefficient (Wildman–Crippen LogP) is 2.43. The fourth-order valence-corrected chi connectivity index (χ4v) is 2.08. The third-order valence-corrected chi connectivity index (χ3v) is 3.46. The van der Waals surface area contributed by atoms with E-state index in [2.05, 4.69) is 22.1 Å². The van der Waals surface area contributed by atoms with E-state index in [4.69, 9.17) is 4.74 Å². The Morgan fingerprint density at radius 3 is 2.55 bits per heavy atom. The van der Waals surface area contributed by atoms with Crippen LogP contribution in [0.1, 0.15) is 38.4 Å². The highest BCUT2D eigenvalue weighted by Crippen LogP contribution is 2.17. The standard InChI is InChI=1S/C17H29N3O2/c1-5-7-12-20(3)17(18-6-2)19-13-16(21)14-8-10-15(22-4)11-9-14/h8-11,16,21H,5-7,12-13H2,1-4H3,(H,18,19). The van der Waals surface area contributed by atoms with Crippen molar-refractivity contribution in [2.24, 2.45) is 4.99 Å². The Kier molecular flexibility index (Phi) is 8.36. The summed E-state index contributed by atoms with van der Waals surface area (Å²) in [6.07, 6.45) is 1.67. The number of aliphatic hydroxyl groups is 1. The number of rotatable bonds is 8. The van der Waals surface area contributed by atoms with Crippen molar-refractivity contribution in [3.63, 3.8) is 0 Å². The molecule has 0 radical (unpaired) electrons. The molecule has 5 heteroatoms. The van der Waals surface area contributed by atoms with Crippen molar-refractivity contribution in [1.29, 1.82) is 0 Å². The number of methoxy groups -OCH3 is 1. The minimum Gasteiger partial charge on any atom is -0.497 e. The van der Waals surface area contributed by atoms with Crippen LogP contribution < -0.4 is 10.1 Å². The van der Waals surface area contributed by atoms with Gasteiger partial charge in [0.15, 0.2) is 5.96 Å². The molecule has 0 saturated carbocycles. The number of unbranched alkanes of at least 4 members (excludes halogenated alkanes) is 1. The summed E-state index contributed by atoms with van der Waals surface area (Å²) in [5, 5.41) is 13.5. The van der Waals surface area contributed by atoms with Crippen LogP contribution in [0.25, 0.3) is 0 Å². The van der Waals surface area contributed by atoms with Crippen LogP contribution in [0.4, 0.5) is 0 Å². The van der Waals surface area contributed by atoms with Gasteiger partial charge in [0, 0.05) is 20.1 Å². The Morgan fingerprint density at radius 1 is 1.32 bits per heavy atom. The minimum atomic E-state index is -0.612. The number of benzene rings is 1. The molecule has 0 aliphatic heterocycles. The molecule has 0 bridgehead atoms. The van der Waals surface area contributed by atoms with Gasteiger partial charge in [0.2, 0.25) is 0 Å². The lowest BCUT2D eigenvalue weighted by atomic mass is 10.1. The van der Waals surface area contributed by atoms with Crippen molar-refractivity contribution in [2.75, 3.05) is 33.8 Å². The SMILES string of the molecule is CCCCN(C)C(=NCC(O)c1ccc(OC)cc1)NCC. The highest BCUT2D eigenvalue weighted by molar-refractivity contribution is 5.79. The molecule has 5 nitrogen and oxygen atoms in total. The molecule has 1 atom stereocenters. The van der Waals surface area contributed by atoms with E-state index in [0.29, 0.717) is 6.54 Å². The normalized spacial score (nSPS) is 12.9. The van der Waals surface area contributed by atoms with Gasteiger partial charge in [0.25, 0.3) is 0 Å². The van der Waals surface area contributed by atoms with E-state index in [9.17, 15) is 5.11 Å². The van der Waals surface area contributed by atoms with Gasteiger partial charge >= 0.3 is 0 Å². The molecule has 0 spiro atoms. The Labute approximate surface area is 134 Å². The number of nitrogens with zero attached hydrogens (tertiary/aromatic N) is 2.